The quantitative estimate of drug-likeness (QED) is 0.355. The van der Waals surface area contributed by atoms with Crippen LogP contribution >= 0.6 is 0 Å². The summed E-state index contributed by atoms with van der Waals surface area (Å²) in [5.74, 6) is -1.41. The Labute approximate surface area is 82.4 Å². The highest BCUT2D eigenvalue weighted by atomic mass is 28.2. The van der Waals surface area contributed by atoms with E-state index in [0.29, 0.717) is 0 Å². The van der Waals surface area contributed by atoms with Crippen LogP contribution in [0.2, 0.25) is 0 Å². The van der Waals surface area contributed by atoms with Gasteiger partial charge >= 0.3 is 5.97 Å². The van der Waals surface area contributed by atoms with Crippen molar-refractivity contribution in [3.8, 4) is 0 Å². The predicted molar refractivity (Wildman–Crippen MR) is 45.3 cm³/mol. The highest BCUT2D eigenvalue weighted by Crippen LogP contribution is 2.21. The van der Waals surface area contributed by atoms with E-state index in [9.17, 15) is 20.1 Å². The molecule has 1 fully saturated rings. The molecule has 0 aromatic carbocycles. The number of carbonyl (C=O) groups is 1. The molecule has 1 rings (SSSR count). The number of hydrogen-bond donors (Lipinski definition) is 4. The van der Waals surface area contributed by atoms with Gasteiger partial charge in [0.15, 0.2) is 12.4 Å². The fraction of sp³-hybridized carbons (Fsp3) is 0.833. The lowest BCUT2D eigenvalue weighted by Gasteiger charge is -2.38. The molecule has 8 heteroatoms. The Bertz CT molecular complexity index is 220. The van der Waals surface area contributed by atoms with Crippen LogP contribution in [0.25, 0.3) is 0 Å². The van der Waals surface area contributed by atoms with E-state index in [4.69, 9.17) is 14.3 Å². The second-order valence-corrected chi connectivity index (χ2v) is 3.44. The molecule has 14 heavy (non-hydrogen) atoms. The number of carboxylic acids is 1. The molecule has 1 aliphatic heterocycles. The molecular weight excluding hydrogens is 212 g/mol. The van der Waals surface area contributed by atoms with Crippen molar-refractivity contribution in [3.05, 3.63) is 0 Å². The third kappa shape index (κ3) is 1.94. The van der Waals surface area contributed by atoms with Crippen molar-refractivity contribution >= 4 is 16.5 Å². The van der Waals surface area contributed by atoms with E-state index >= 15 is 0 Å². The van der Waals surface area contributed by atoms with Crippen molar-refractivity contribution < 1.29 is 34.4 Å². The molecule has 0 aliphatic carbocycles. The molecule has 5 atom stereocenters. The maximum Gasteiger partial charge on any atom is 0.335 e. The molecule has 1 aliphatic rings. The fourth-order valence-electron chi connectivity index (χ4n) is 1.25. The zero-order valence-corrected chi connectivity index (χ0v) is 9.40. The highest BCUT2D eigenvalue weighted by molar-refractivity contribution is 5.98. The first kappa shape index (κ1) is 11.6. The van der Waals surface area contributed by atoms with Crippen LogP contribution in [-0.2, 0) is 14.0 Å². The van der Waals surface area contributed by atoms with Crippen LogP contribution in [0.15, 0.2) is 0 Å². The Balaban J connectivity index is 2.78. The van der Waals surface area contributed by atoms with Crippen LogP contribution < -0.4 is 0 Å². The molecular formula is C6H12O7Si. The molecule has 0 aromatic heterocycles. The molecule has 0 spiro atoms. The second kappa shape index (κ2) is 4.34. The second-order valence-electron chi connectivity index (χ2n) is 2.97. The standard InChI is InChI=1S/C6H12O7Si/c7-1-2(8)4(5(10)11)12-6(13-14)3(1)9/h1-4,6-9H,14H3,(H,10,11)/t1-,2-,3+,4-,6?/m0/s1. The Hall–Kier alpha value is -0.513. The summed E-state index contributed by atoms with van der Waals surface area (Å²) in [6.07, 6.45) is -7.44. The minimum Gasteiger partial charge on any atom is -0.479 e. The van der Waals surface area contributed by atoms with Gasteiger partial charge in [-0.05, 0) is 0 Å². The Morgan fingerprint density at radius 3 is 2.21 bits per heavy atom. The van der Waals surface area contributed by atoms with Gasteiger partial charge in [0, 0.05) is 0 Å². The van der Waals surface area contributed by atoms with Crippen LogP contribution in [0.4, 0.5) is 0 Å². The SMILES string of the molecule is O=C(O)[C@H]1OC(O[SiH3])[C@H](O)[C@@H](O)[C@@H]1O. The number of hydrogen-bond acceptors (Lipinski definition) is 6. The molecule has 1 heterocycles. The summed E-state index contributed by atoms with van der Waals surface area (Å²) < 4.78 is 9.48. The first-order valence-corrected chi connectivity index (χ1v) is 4.76. The fourth-order valence-corrected chi connectivity index (χ4v) is 1.64. The van der Waals surface area contributed by atoms with Crippen molar-refractivity contribution in [3.63, 3.8) is 0 Å². The molecule has 0 saturated carbocycles. The van der Waals surface area contributed by atoms with Gasteiger partial charge in [0.05, 0.1) is 0 Å². The number of carboxylic acid groups (broad SMARTS) is 1. The minimum atomic E-state index is -1.66. The third-order valence-electron chi connectivity index (χ3n) is 2.05. The zero-order valence-electron chi connectivity index (χ0n) is 7.40. The summed E-state index contributed by atoms with van der Waals surface area (Å²) >= 11 is 0. The molecule has 0 aromatic rings. The van der Waals surface area contributed by atoms with E-state index in [0.717, 1.165) is 0 Å². The largest absolute Gasteiger partial charge is 0.479 e. The van der Waals surface area contributed by atoms with Crippen molar-refractivity contribution in [2.75, 3.05) is 0 Å². The number of rotatable bonds is 2. The molecule has 1 saturated heterocycles. The predicted octanol–water partition coefficient (Wildman–Crippen LogP) is -3.82. The van der Waals surface area contributed by atoms with Crippen LogP contribution in [-0.4, -0.2) is 67.6 Å². The van der Waals surface area contributed by atoms with Crippen LogP contribution in [0, 0.1) is 0 Å². The van der Waals surface area contributed by atoms with Gasteiger partial charge in [0.1, 0.15) is 28.8 Å². The Morgan fingerprint density at radius 2 is 1.79 bits per heavy atom. The Morgan fingerprint density at radius 1 is 1.21 bits per heavy atom. The molecule has 0 amide bonds. The van der Waals surface area contributed by atoms with Crippen molar-refractivity contribution in [2.45, 2.75) is 30.7 Å². The summed E-state index contributed by atoms with van der Waals surface area (Å²) in [5, 5.41) is 36.4. The van der Waals surface area contributed by atoms with Gasteiger partial charge in [-0.2, -0.15) is 0 Å². The van der Waals surface area contributed by atoms with Crippen LogP contribution in [0.5, 0.6) is 0 Å². The van der Waals surface area contributed by atoms with Gasteiger partial charge in [-0.25, -0.2) is 4.79 Å². The van der Waals surface area contributed by atoms with Gasteiger partial charge in [0.25, 0.3) is 0 Å². The summed E-state index contributed by atoms with van der Waals surface area (Å²) in [4.78, 5) is 10.6. The first-order chi connectivity index (χ1) is 6.49. The van der Waals surface area contributed by atoms with E-state index < -0.39 is 36.7 Å². The van der Waals surface area contributed by atoms with Crippen molar-refractivity contribution in [1.29, 1.82) is 0 Å². The summed E-state index contributed by atoms with van der Waals surface area (Å²) in [6.45, 7) is 0. The average Bonchev–Trinajstić information content (AvgIpc) is 2.14. The van der Waals surface area contributed by atoms with Gasteiger partial charge in [-0.1, -0.05) is 0 Å². The normalized spacial score (nSPS) is 43.8. The number of aliphatic hydroxyl groups excluding tert-OH is 3. The average molecular weight is 224 g/mol. The molecule has 7 nitrogen and oxygen atoms in total. The molecule has 1 unspecified atom stereocenters. The number of ether oxygens (including phenoxy) is 1. The zero-order chi connectivity index (χ0) is 10.9. The van der Waals surface area contributed by atoms with Crippen molar-refractivity contribution in [1.82, 2.24) is 0 Å². The van der Waals surface area contributed by atoms with E-state index in [1.807, 2.05) is 0 Å². The van der Waals surface area contributed by atoms with Crippen molar-refractivity contribution in [2.24, 2.45) is 0 Å². The van der Waals surface area contributed by atoms with Gasteiger partial charge in [-0.3, -0.25) is 0 Å². The first-order valence-electron chi connectivity index (χ1n) is 3.94. The smallest absolute Gasteiger partial charge is 0.335 e. The van der Waals surface area contributed by atoms with Crippen LogP contribution in [0.3, 0.4) is 0 Å². The van der Waals surface area contributed by atoms with E-state index in [1.165, 1.54) is 0 Å². The lowest BCUT2D eigenvalue weighted by molar-refractivity contribution is -0.270. The topological polar surface area (TPSA) is 116 Å². The maximum atomic E-state index is 10.6. The molecule has 0 bridgehead atoms. The molecule has 82 valence electrons. The van der Waals surface area contributed by atoms with E-state index in [-0.39, 0.29) is 10.5 Å². The summed E-state index contributed by atoms with van der Waals surface area (Å²) in [5.41, 5.74) is 0. The maximum absolute atomic E-state index is 10.6. The highest BCUT2D eigenvalue weighted by Gasteiger charge is 2.46. The molecule has 4 N–H and O–H groups in total. The summed E-state index contributed by atoms with van der Waals surface area (Å²) in [7, 11) is 0.219. The van der Waals surface area contributed by atoms with Gasteiger partial charge in [0.2, 0.25) is 0 Å². The minimum absolute atomic E-state index is 0.219. The van der Waals surface area contributed by atoms with Gasteiger partial charge in [-0.15, -0.1) is 0 Å². The monoisotopic (exact) mass is 224 g/mol. The third-order valence-corrected chi connectivity index (χ3v) is 2.51. The lowest BCUT2D eigenvalue weighted by Crippen LogP contribution is -2.60. The molecule has 0 radical (unpaired) electrons. The summed E-state index contributed by atoms with van der Waals surface area (Å²) in [6, 6.07) is 0. The number of aliphatic hydroxyl groups is 3. The van der Waals surface area contributed by atoms with Crippen LogP contribution in [0.1, 0.15) is 0 Å². The van der Waals surface area contributed by atoms with E-state index in [2.05, 4.69) is 0 Å². The number of aliphatic carboxylic acids is 1. The lowest BCUT2D eigenvalue weighted by atomic mass is 9.99. The Kier molecular flexibility index (Phi) is 3.58. The van der Waals surface area contributed by atoms with Gasteiger partial charge < -0.3 is 29.6 Å². The van der Waals surface area contributed by atoms with E-state index in [1.54, 1.807) is 0 Å².